The molecule has 2 aliphatic rings. The lowest BCUT2D eigenvalue weighted by molar-refractivity contribution is 0.0448. The van der Waals surface area contributed by atoms with E-state index in [0.29, 0.717) is 0 Å². The molecule has 6 heteroatoms. The van der Waals surface area contributed by atoms with E-state index in [1.165, 1.54) is 0 Å². The molecule has 0 bridgehead atoms. The van der Waals surface area contributed by atoms with Crippen LogP contribution in [0.15, 0.2) is 30.3 Å². The van der Waals surface area contributed by atoms with Crippen LogP contribution in [-0.2, 0) is 9.47 Å². The molecule has 0 radical (unpaired) electrons. The first-order valence-corrected chi connectivity index (χ1v) is 8.54. The quantitative estimate of drug-likeness (QED) is 0.820. The molecular formula is C16H22N2O3S. The van der Waals surface area contributed by atoms with Crippen molar-refractivity contribution >= 4 is 17.9 Å². The lowest BCUT2D eigenvalue weighted by Crippen LogP contribution is -2.47. The van der Waals surface area contributed by atoms with Gasteiger partial charge in [-0.3, -0.25) is 10.6 Å². The molecule has 0 spiro atoms. The third-order valence-electron chi connectivity index (χ3n) is 3.55. The normalized spacial score (nSPS) is 30.9. The van der Waals surface area contributed by atoms with Crippen molar-refractivity contribution in [3.05, 3.63) is 35.9 Å². The Balaban J connectivity index is 1.81. The van der Waals surface area contributed by atoms with E-state index in [-0.39, 0.29) is 11.5 Å². The summed E-state index contributed by atoms with van der Waals surface area (Å²) in [6.07, 6.45) is -0.611. The topological polar surface area (TPSA) is 62.9 Å². The number of hydrogen-bond donors (Lipinski definition) is 2. The Kier molecular flexibility index (Phi) is 4.09. The van der Waals surface area contributed by atoms with Gasteiger partial charge in [0, 0.05) is 12.3 Å². The van der Waals surface area contributed by atoms with Crippen LogP contribution in [0.4, 0.5) is 4.79 Å². The van der Waals surface area contributed by atoms with Crippen molar-refractivity contribution in [2.75, 3.05) is 12.3 Å². The highest BCUT2D eigenvalue weighted by molar-refractivity contribution is 7.99. The van der Waals surface area contributed by atoms with Gasteiger partial charge in [0.2, 0.25) is 5.72 Å². The SMILES string of the molecule is CC(C)(C)OC(=O)NC12OC1NCCSC2c1ccccc1. The van der Waals surface area contributed by atoms with Crippen LogP contribution >= 0.6 is 11.8 Å². The molecule has 3 rings (SSSR count). The van der Waals surface area contributed by atoms with Gasteiger partial charge < -0.3 is 9.47 Å². The van der Waals surface area contributed by atoms with Crippen LogP contribution in [0.1, 0.15) is 31.6 Å². The molecule has 3 unspecified atom stereocenters. The van der Waals surface area contributed by atoms with Crippen molar-refractivity contribution in [3.8, 4) is 0 Å². The highest BCUT2D eigenvalue weighted by atomic mass is 32.2. The molecule has 2 N–H and O–H groups in total. The monoisotopic (exact) mass is 322 g/mol. The zero-order valence-corrected chi connectivity index (χ0v) is 13.9. The number of nitrogens with one attached hydrogen (secondary N) is 2. The second kappa shape index (κ2) is 5.76. The smallest absolute Gasteiger partial charge is 0.410 e. The summed E-state index contributed by atoms with van der Waals surface area (Å²) in [7, 11) is 0. The Morgan fingerprint density at radius 1 is 1.41 bits per heavy atom. The van der Waals surface area contributed by atoms with Crippen LogP contribution in [0.2, 0.25) is 0 Å². The number of thioether (sulfide) groups is 1. The zero-order valence-electron chi connectivity index (χ0n) is 13.1. The molecule has 2 aliphatic heterocycles. The Bertz CT molecular complexity index is 546. The van der Waals surface area contributed by atoms with Crippen LogP contribution in [-0.4, -0.2) is 35.9 Å². The van der Waals surface area contributed by atoms with E-state index < -0.39 is 17.4 Å². The molecule has 120 valence electrons. The highest BCUT2D eigenvalue weighted by Crippen LogP contribution is 2.51. The zero-order chi connectivity index (χ0) is 15.8. The number of carbonyl (C=O) groups is 1. The minimum atomic E-state index is -0.731. The number of ether oxygens (including phenoxy) is 2. The predicted molar refractivity (Wildman–Crippen MR) is 86.6 cm³/mol. The number of hydrogen-bond acceptors (Lipinski definition) is 5. The van der Waals surface area contributed by atoms with E-state index in [4.69, 9.17) is 9.47 Å². The first-order valence-electron chi connectivity index (χ1n) is 7.50. The molecule has 2 fully saturated rings. The molecule has 5 nitrogen and oxygen atoms in total. The third-order valence-corrected chi connectivity index (χ3v) is 4.95. The summed E-state index contributed by atoms with van der Waals surface area (Å²) in [6.45, 7) is 6.41. The summed E-state index contributed by atoms with van der Waals surface area (Å²) in [5.41, 5.74) is -0.112. The van der Waals surface area contributed by atoms with Crippen molar-refractivity contribution in [1.29, 1.82) is 0 Å². The molecule has 1 aromatic rings. The maximum Gasteiger partial charge on any atom is 0.410 e. The highest BCUT2D eigenvalue weighted by Gasteiger charge is 2.64. The second-order valence-corrected chi connectivity index (χ2v) is 7.75. The summed E-state index contributed by atoms with van der Waals surface area (Å²) in [5, 5.41) is 6.30. The maximum atomic E-state index is 12.2. The Morgan fingerprint density at radius 3 is 2.82 bits per heavy atom. The van der Waals surface area contributed by atoms with E-state index in [0.717, 1.165) is 17.9 Å². The van der Waals surface area contributed by atoms with E-state index in [9.17, 15) is 4.79 Å². The minimum absolute atomic E-state index is 0.0428. The minimum Gasteiger partial charge on any atom is -0.444 e. The fraction of sp³-hybridized carbons (Fsp3) is 0.562. The van der Waals surface area contributed by atoms with Crippen molar-refractivity contribution in [3.63, 3.8) is 0 Å². The van der Waals surface area contributed by atoms with Gasteiger partial charge in [-0.15, -0.1) is 11.8 Å². The molecule has 0 saturated carbocycles. The van der Waals surface area contributed by atoms with Gasteiger partial charge in [0.1, 0.15) is 5.60 Å². The Hall–Kier alpha value is -1.24. The molecular weight excluding hydrogens is 300 g/mol. The van der Waals surface area contributed by atoms with Gasteiger partial charge in [-0.25, -0.2) is 4.79 Å². The van der Waals surface area contributed by atoms with E-state index in [2.05, 4.69) is 22.8 Å². The van der Waals surface area contributed by atoms with Gasteiger partial charge in [-0.2, -0.15) is 0 Å². The van der Waals surface area contributed by atoms with Gasteiger partial charge in [-0.05, 0) is 26.3 Å². The number of alkyl carbamates (subject to hydrolysis) is 1. The molecule has 2 saturated heterocycles. The molecule has 1 amide bonds. The van der Waals surface area contributed by atoms with Crippen LogP contribution in [0.5, 0.6) is 0 Å². The molecule has 1 aromatic carbocycles. The van der Waals surface area contributed by atoms with Crippen LogP contribution in [0, 0.1) is 0 Å². The van der Waals surface area contributed by atoms with Gasteiger partial charge in [0.15, 0.2) is 6.23 Å². The number of fused-ring (bicyclic) bond motifs is 1. The van der Waals surface area contributed by atoms with Crippen LogP contribution < -0.4 is 10.6 Å². The summed E-state index contributed by atoms with van der Waals surface area (Å²) in [6, 6.07) is 10.1. The van der Waals surface area contributed by atoms with Crippen molar-refractivity contribution < 1.29 is 14.3 Å². The average molecular weight is 322 g/mol. The number of benzene rings is 1. The fourth-order valence-electron chi connectivity index (χ4n) is 2.64. The van der Waals surface area contributed by atoms with E-state index in [1.54, 1.807) is 11.8 Å². The summed E-state index contributed by atoms with van der Waals surface area (Å²) in [4.78, 5) is 12.2. The lowest BCUT2D eigenvalue weighted by Gasteiger charge is -2.26. The molecule has 22 heavy (non-hydrogen) atoms. The molecule has 0 aromatic heterocycles. The third kappa shape index (κ3) is 3.24. The summed E-state index contributed by atoms with van der Waals surface area (Å²) in [5.74, 6) is 0.969. The standard InChI is InChI=1S/C16H22N2O3S/c1-15(2,3)21-14(19)18-16-12(11-7-5-4-6-8-11)22-10-9-17-13(16)20-16/h4-8,12-13,17H,9-10H2,1-3H3,(H,18,19). The molecule has 2 heterocycles. The number of rotatable bonds is 2. The lowest BCUT2D eigenvalue weighted by atomic mass is 10.0. The van der Waals surface area contributed by atoms with E-state index in [1.807, 2.05) is 39.0 Å². The Labute approximate surface area is 135 Å². The van der Waals surface area contributed by atoms with Crippen LogP contribution in [0.3, 0.4) is 0 Å². The van der Waals surface area contributed by atoms with E-state index >= 15 is 0 Å². The molecule has 3 atom stereocenters. The van der Waals surface area contributed by atoms with Gasteiger partial charge in [0.25, 0.3) is 0 Å². The van der Waals surface area contributed by atoms with Gasteiger partial charge in [0.05, 0.1) is 5.25 Å². The van der Waals surface area contributed by atoms with Crippen molar-refractivity contribution in [1.82, 2.24) is 10.6 Å². The Morgan fingerprint density at radius 2 is 2.14 bits per heavy atom. The van der Waals surface area contributed by atoms with Gasteiger partial charge in [-0.1, -0.05) is 30.3 Å². The molecule has 0 aliphatic carbocycles. The number of epoxide rings is 1. The number of carbonyl (C=O) groups excluding carboxylic acids is 1. The van der Waals surface area contributed by atoms with Crippen molar-refractivity contribution in [2.45, 2.75) is 43.6 Å². The largest absolute Gasteiger partial charge is 0.444 e. The van der Waals surface area contributed by atoms with Gasteiger partial charge >= 0.3 is 6.09 Å². The maximum absolute atomic E-state index is 12.2. The van der Waals surface area contributed by atoms with Crippen molar-refractivity contribution in [2.24, 2.45) is 0 Å². The summed E-state index contributed by atoms with van der Waals surface area (Å²) >= 11 is 1.79. The summed E-state index contributed by atoms with van der Waals surface area (Å²) < 4.78 is 11.2. The second-order valence-electron chi connectivity index (χ2n) is 6.53. The number of amides is 1. The fourth-order valence-corrected chi connectivity index (χ4v) is 3.95. The predicted octanol–water partition coefficient (Wildman–Crippen LogP) is 2.64. The first kappa shape index (κ1) is 15.6. The van der Waals surface area contributed by atoms with Crippen LogP contribution in [0.25, 0.3) is 0 Å². The average Bonchev–Trinajstić information content (AvgIpc) is 3.11. The first-order chi connectivity index (χ1) is 10.4.